The fourth-order valence-electron chi connectivity index (χ4n) is 2.33. The van der Waals surface area contributed by atoms with Crippen molar-refractivity contribution in [1.82, 2.24) is 0 Å². The van der Waals surface area contributed by atoms with Crippen molar-refractivity contribution >= 4 is 50.7 Å². The molecule has 0 aliphatic carbocycles. The van der Waals surface area contributed by atoms with Crippen molar-refractivity contribution in [2.45, 2.75) is 35.4 Å². The van der Waals surface area contributed by atoms with E-state index in [0.717, 1.165) is 28.8 Å². The van der Waals surface area contributed by atoms with E-state index in [1.54, 1.807) is 36.0 Å². The summed E-state index contributed by atoms with van der Waals surface area (Å²) in [5, 5.41) is 10.9. The maximum absolute atomic E-state index is 12.8. The molecule has 0 aromatic heterocycles. The molecule has 0 saturated carbocycles. The lowest BCUT2D eigenvalue weighted by Gasteiger charge is -2.25. The number of hydrogen-bond donors (Lipinski definition) is 3. The van der Waals surface area contributed by atoms with Gasteiger partial charge in [0, 0.05) is 22.9 Å². The van der Waals surface area contributed by atoms with Crippen LogP contribution in [0.15, 0.2) is 52.3 Å². The van der Waals surface area contributed by atoms with Crippen LogP contribution in [-0.4, -0.2) is 50.2 Å². The van der Waals surface area contributed by atoms with E-state index in [-0.39, 0.29) is 15.6 Å². The number of hydrogen-bond acceptors (Lipinski definition) is 6. The van der Waals surface area contributed by atoms with E-state index in [4.69, 9.17) is 16.3 Å². The zero-order chi connectivity index (χ0) is 24.9. The molecular formula is C20H22ClF3N2O5S2. The molecule has 7 nitrogen and oxygen atoms in total. The summed E-state index contributed by atoms with van der Waals surface area (Å²) in [6, 6.07) is 9.70. The van der Waals surface area contributed by atoms with Crippen LogP contribution in [0.4, 0.5) is 24.5 Å². The van der Waals surface area contributed by atoms with Gasteiger partial charge in [-0.15, -0.1) is 11.8 Å². The quantitative estimate of drug-likeness (QED) is 0.310. The molecule has 3 N–H and O–H groups in total. The van der Waals surface area contributed by atoms with Gasteiger partial charge in [-0.05, 0) is 56.3 Å². The molecule has 0 saturated heterocycles. The summed E-state index contributed by atoms with van der Waals surface area (Å²) in [7, 11) is -4.07. The average Bonchev–Trinajstić information content (AvgIpc) is 2.72. The molecule has 1 atom stereocenters. The van der Waals surface area contributed by atoms with Gasteiger partial charge in [-0.1, -0.05) is 11.6 Å². The number of thioether (sulfide) groups is 1. The summed E-state index contributed by atoms with van der Waals surface area (Å²) in [4.78, 5) is 12.5. The maximum Gasteiger partial charge on any atom is 0.426 e. The van der Waals surface area contributed by atoms with Gasteiger partial charge in [0.25, 0.3) is 15.9 Å². The molecule has 1 amide bonds. The number of carbonyl (C=O) groups is 1. The zero-order valence-electron chi connectivity index (χ0n) is 17.6. The first-order valence-corrected chi connectivity index (χ1v) is 12.4. The minimum Gasteiger partial charge on any atom is -0.381 e. The first-order valence-electron chi connectivity index (χ1n) is 9.51. The van der Waals surface area contributed by atoms with E-state index < -0.39 is 27.7 Å². The summed E-state index contributed by atoms with van der Waals surface area (Å²) in [5.41, 5.74) is -3.66. The van der Waals surface area contributed by atoms with E-state index >= 15 is 0 Å². The van der Waals surface area contributed by atoms with Crippen LogP contribution in [0.5, 0.6) is 0 Å². The number of rotatable bonds is 10. The van der Waals surface area contributed by atoms with Gasteiger partial charge in [0.15, 0.2) is 0 Å². The average molecular weight is 527 g/mol. The van der Waals surface area contributed by atoms with Crippen molar-refractivity contribution in [3.8, 4) is 0 Å². The van der Waals surface area contributed by atoms with Crippen LogP contribution < -0.4 is 10.0 Å². The summed E-state index contributed by atoms with van der Waals surface area (Å²) < 4.78 is 71.3. The Morgan fingerprint density at radius 1 is 1.18 bits per heavy atom. The Morgan fingerprint density at radius 3 is 2.36 bits per heavy atom. The molecule has 13 heteroatoms. The molecule has 182 valence electrons. The lowest BCUT2D eigenvalue weighted by atomic mass is 10.1. The van der Waals surface area contributed by atoms with Crippen LogP contribution in [-0.2, 0) is 19.6 Å². The number of anilines is 2. The van der Waals surface area contributed by atoms with E-state index in [2.05, 4.69) is 4.72 Å². The summed E-state index contributed by atoms with van der Waals surface area (Å²) in [6.45, 7) is 3.43. The number of carbonyl (C=O) groups excluding carboxylic acids is 1. The summed E-state index contributed by atoms with van der Waals surface area (Å²) in [5.74, 6) is -1.01. The van der Waals surface area contributed by atoms with Gasteiger partial charge in [-0.3, -0.25) is 9.52 Å². The number of aliphatic hydroxyl groups is 1. The van der Waals surface area contributed by atoms with Crippen LogP contribution in [0.3, 0.4) is 0 Å². The lowest BCUT2D eigenvalue weighted by Crippen LogP contribution is -2.52. The molecule has 0 spiro atoms. The monoisotopic (exact) mass is 526 g/mol. The van der Waals surface area contributed by atoms with Gasteiger partial charge in [-0.25, -0.2) is 8.42 Å². The second-order valence-corrected chi connectivity index (χ2v) is 10.1. The van der Waals surface area contributed by atoms with Crippen LogP contribution in [0.25, 0.3) is 0 Å². The number of halogens is 4. The molecule has 1 unspecified atom stereocenters. The fraction of sp³-hybridized carbons (Fsp3) is 0.350. The molecule has 0 aliphatic heterocycles. The highest BCUT2D eigenvalue weighted by Gasteiger charge is 2.55. The highest BCUT2D eigenvalue weighted by molar-refractivity contribution is 7.99. The zero-order valence-corrected chi connectivity index (χ0v) is 20.0. The molecule has 0 fully saturated rings. The largest absolute Gasteiger partial charge is 0.426 e. The van der Waals surface area contributed by atoms with Gasteiger partial charge in [0.05, 0.1) is 22.2 Å². The van der Waals surface area contributed by atoms with Crippen molar-refractivity contribution in [1.29, 1.82) is 0 Å². The fourth-order valence-corrected chi connectivity index (χ4v) is 4.48. The molecule has 2 aromatic carbocycles. The van der Waals surface area contributed by atoms with Gasteiger partial charge in [-0.2, -0.15) is 13.2 Å². The Kier molecular flexibility index (Phi) is 9.05. The van der Waals surface area contributed by atoms with E-state index in [9.17, 15) is 31.5 Å². The molecule has 0 bridgehead atoms. The van der Waals surface area contributed by atoms with Gasteiger partial charge < -0.3 is 15.2 Å². The van der Waals surface area contributed by atoms with Crippen LogP contribution in [0, 0.1) is 0 Å². The lowest BCUT2D eigenvalue weighted by molar-refractivity contribution is -0.242. The minimum absolute atomic E-state index is 0.275. The van der Waals surface area contributed by atoms with Crippen molar-refractivity contribution in [2.75, 3.05) is 29.0 Å². The molecule has 0 radical (unpaired) electrons. The molecule has 0 aliphatic rings. The Bertz CT molecular complexity index is 1080. The Hall–Kier alpha value is -1.99. The third-order valence-electron chi connectivity index (χ3n) is 4.30. The first-order chi connectivity index (χ1) is 15.3. The third-order valence-corrected chi connectivity index (χ3v) is 6.97. The van der Waals surface area contributed by atoms with Gasteiger partial charge in [0.2, 0.25) is 5.60 Å². The number of benzene rings is 2. The second-order valence-electron chi connectivity index (χ2n) is 6.84. The van der Waals surface area contributed by atoms with Gasteiger partial charge >= 0.3 is 6.18 Å². The van der Waals surface area contributed by atoms with Crippen molar-refractivity contribution in [3.63, 3.8) is 0 Å². The molecule has 2 aromatic rings. The van der Waals surface area contributed by atoms with Crippen molar-refractivity contribution in [3.05, 3.63) is 47.5 Å². The summed E-state index contributed by atoms with van der Waals surface area (Å²) in [6.07, 6.45) is -5.21. The molecule has 33 heavy (non-hydrogen) atoms. The molecule has 0 heterocycles. The summed E-state index contributed by atoms with van der Waals surface area (Å²) >= 11 is 7.51. The van der Waals surface area contributed by atoms with E-state index in [0.29, 0.717) is 25.8 Å². The highest BCUT2D eigenvalue weighted by Crippen LogP contribution is 2.33. The minimum atomic E-state index is -5.21. The van der Waals surface area contributed by atoms with Crippen molar-refractivity contribution < 1.29 is 36.2 Å². The number of amides is 1. The standard InChI is InChI=1S/C20H22ClF3N2O5S2/c1-3-31-10-11-32-14-6-4-13(5-7-14)26-33(29,30)15-8-9-17(16(21)12-15)25-18(27)19(2,28)20(22,23)24/h4-9,12,26,28H,3,10-11H2,1-2H3,(H,25,27). The highest BCUT2D eigenvalue weighted by atomic mass is 35.5. The van der Waals surface area contributed by atoms with E-state index in [1.807, 2.05) is 12.2 Å². The predicted octanol–water partition coefficient (Wildman–Crippen LogP) is 4.52. The number of sulfonamides is 1. The maximum atomic E-state index is 12.8. The van der Waals surface area contributed by atoms with E-state index in [1.165, 1.54) is 0 Å². The normalized spacial score (nSPS) is 13.9. The second kappa shape index (κ2) is 11.0. The van der Waals surface area contributed by atoms with Crippen LogP contribution in [0.1, 0.15) is 13.8 Å². The number of nitrogens with one attached hydrogen (secondary N) is 2. The topological polar surface area (TPSA) is 105 Å². The Morgan fingerprint density at radius 2 is 1.82 bits per heavy atom. The number of ether oxygens (including phenoxy) is 1. The Balaban J connectivity index is 2.09. The van der Waals surface area contributed by atoms with Crippen molar-refractivity contribution in [2.24, 2.45) is 0 Å². The first kappa shape index (κ1) is 27.3. The molecule has 2 rings (SSSR count). The molecular weight excluding hydrogens is 505 g/mol. The van der Waals surface area contributed by atoms with Gasteiger partial charge in [0.1, 0.15) is 0 Å². The SMILES string of the molecule is CCOCCSc1ccc(NS(=O)(=O)c2ccc(NC(=O)C(C)(O)C(F)(F)F)c(Cl)c2)cc1. The predicted molar refractivity (Wildman–Crippen MR) is 121 cm³/mol. The number of alkyl halides is 3. The third kappa shape index (κ3) is 7.24. The van der Waals surface area contributed by atoms with Crippen LogP contribution in [0.2, 0.25) is 5.02 Å². The smallest absolute Gasteiger partial charge is 0.381 e. The Labute approximate surface area is 198 Å². The van der Waals surface area contributed by atoms with Crippen LogP contribution >= 0.6 is 23.4 Å².